The minimum atomic E-state index is 0.179. The molecule has 0 saturated heterocycles. The van der Waals surface area contributed by atoms with Gasteiger partial charge in [0.25, 0.3) is 0 Å². The zero-order valence-electron chi connectivity index (χ0n) is 11.6. The van der Waals surface area contributed by atoms with Gasteiger partial charge in [-0.1, -0.05) is 19.3 Å². The Hall–Kier alpha value is -2.03. The van der Waals surface area contributed by atoms with Gasteiger partial charge in [0, 0.05) is 29.7 Å². The zero-order valence-corrected chi connectivity index (χ0v) is 11.6. The lowest BCUT2D eigenvalue weighted by atomic mass is 9.88. The summed E-state index contributed by atoms with van der Waals surface area (Å²) in [5.41, 5.74) is 1.99. The number of rotatable bonds is 3. The maximum atomic E-state index is 12.2. The molecule has 2 aromatic rings. The van der Waals surface area contributed by atoms with Gasteiger partial charge in [0.15, 0.2) is 0 Å². The normalized spacial score (nSPS) is 16.0. The molecule has 1 aliphatic carbocycles. The number of nitrogens with zero attached hydrogens (tertiary/aromatic N) is 1. The van der Waals surface area contributed by atoms with E-state index in [0.29, 0.717) is 0 Å². The lowest BCUT2D eigenvalue weighted by Crippen LogP contribution is -2.24. The van der Waals surface area contributed by atoms with Crippen LogP contribution in [0.1, 0.15) is 32.1 Å². The van der Waals surface area contributed by atoms with Gasteiger partial charge in [-0.2, -0.15) is 0 Å². The number of nitrogens with one attached hydrogen (secondary N) is 1. The Labute approximate surface area is 119 Å². The minimum Gasteiger partial charge on any atom is -0.326 e. The van der Waals surface area contributed by atoms with Crippen molar-refractivity contribution in [3.05, 3.63) is 48.8 Å². The Morgan fingerprint density at radius 1 is 1.00 bits per heavy atom. The van der Waals surface area contributed by atoms with Crippen molar-refractivity contribution < 1.29 is 4.79 Å². The van der Waals surface area contributed by atoms with E-state index in [4.69, 9.17) is 0 Å². The number of amides is 1. The van der Waals surface area contributed by atoms with Crippen LogP contribution >= 0.6 is 0 Å². The van der Waals surface area contributed by atoms with E-state index in [-0.39, 0.29) is 11.8 Å². The summed E-state index contributed by atoms with van der Waals surface area (Å²) in [4.78, 5) is 12.2. The third kappa shape index (κ3) is 2.93. The first-order valence-corrected chi connectivity index (χ1v) is 7.37. The molecule has 3 nitrogen and oxygen atoms in total. The highest BCUT2D eigenvalue weighted by molar-refractivity contribution is 5.92. The molecule has 0 atom stereocenters. The number of carbonyl (C=O) groups excluding carboxylic acids is 1. The third-order valence-corrected chi connectivity index (χ3v) is 4.01. The Bertz CT molecular complexity index is 551. The van der Waals surface area contributed by atoms with E-state index in [9.17, 15) is 4.79 Å². The van der Waals surface area contributed by atoms with Gasteiger partial charge in [-0.15, -0.1) is 0 Å². The maximum Gasteiger partial charge on any atom is 0.227 e. The van der Waals surface area contributed by atoms with Crippen LogP contribution in [0, 0.1) is 5.92 Å². The largest absolute Gasteiger partial charge is 0.326 e. The van der Waals surface area contributed by atoms with Gasteiger partial charge in [0.2, 0.25) is 5.91 Å². The predicted molar refractivity (Wildman–Crippen MR) is 81.0 cm³/mol. The molecule has 1 aromatic carbocycles. The number of hydrogen-bond donors (Lipinski definition) is 1. The minimum absolute atomic E-state index is 0.179. The van der Waals surface area contributed by atoms with E-state index in [1.54, 1.807) is 0 Å². The molecule has 0 radical (unpaired) electrons. The van der Waals surface area contributed by atoms with Gasteiger partial charge >= 0.3 is 0 Å². The standard InChI is InChI=1S/C17H20N2O/c20-17(14-6-2-1-3-7-14)18-15-8-10-16(11-9-15)19-12-4-5-13-19/h4-5,8-14H,1-3,6-7H2,(H,18,20). The SMILES string of the molecule is O=C(Nc1ccc(-n2cccc2)cc1)C1CCCCC1. The highest BCUT2D eigenvalue weighted by Gasteiger charge is 2.20. The smallest absolute Gasteiger partial charge is 0.227 e. The quantitative estimate of drug-likeness (QED) is 0.897. The van der Waals surface area contributed by atoms with Crippen LogP contribution in [0.25, 0.3) is 5.69 Å². The second kappa shape index (κ2) is 5.95. The summed E-state index contributed by atoms with van der Waals surface area (Å²) in [7, 11) is 0. The molecule has 104 valence electrons. The van der Waals surface area contributed by atoms with E-state index >= 15 is 0 Å². The molecule has 1 aliphatic rings. The molecular weight excluding hydrogens is 248 g/mol. The molecule has 1 heterocycles. The van der Waals surface area contributed by atoms with E-state index in [0.717, 1.165) is 24.2 Å². The molecule has 0 aliphatic heterocycles. The molecule has 3 heteroatoms. The van der Waals surface area contributed by atoms with Crippen LogP contribution in [-0.4, -0.2) is 10.5 Å². The van der Waals surface area contributed by atoms with Gasteiger partial charge in [-0.3, -0.25) is 4.79 Å². The summed E-state index contributed by atoms with van der Waals surface area (Å²) < 4.78 is 2.05. The Morgan fingerprint density at radius 3 is 2.30 bits per heavy atom. The molecule has 1 saturated carbocycles. The first-order valence-electron chi connectivity index (χ1n) is 7.37. The van der Waals surface area contributed by atoms with Gasteiger partial charge in [-0.05, 0) is 49.2 Å². The summed E-state index contributed by atoms with van der Waals surface area (Å²) in [6, 6.07) is 12.0. The van der Waals surface area contributed by atoms with Crippen molar-refractivity contribution >= 4 is 11.6 Å². The lowest BCUT2D eigenvalue weighted by molar-refractivity contribution is -0.120. The molecule has 3 rings (SSSR count). The monoisotopic (exact) mass is 268 g/mol. The van der Waals surface area contributed by atoms with Crippen molar-refractivity contribution in [1.82, 2.24) is 4.57 Å². The highest BCUT2D eigenvalue weighted by atomic mass is 16.1. The third-order valence-electron chi connectivity index (χ3n) is 4.01. The number of hydrogen-bond acceptors (Lipinski definition) is 1. The fraction of sp³-hybridized carbons (Fsp3) is 0.353. The van der Waals surface area contributed by atoms with Crippen molar-refractivity contribution in [2.75, 3.05) is 5.32 Å². The lowest BCUT2D eigenvalue weighted by Gasteiger charge is -2.20. The number of benzene rings is 1. The number of anilines is 1. The van der Waals surface area contributed by atoms with Crippen LogP contribution in [0.5, 0.6) is 0 Å². The molecule has 1 N–H and O–H groups in total. The summed E-state index contributed by atoms with van der Waals surface area (Å²) in [5.74, 6) is 0.381. The van der Waals surface area contributed by atoms with Crippen molar-refractivity contribution in [3.63, 3.8) is 0 Å². The van der Waals surface area contributed by atoms with Crippen LogP contribution < -0.4 is 5.32 Å². The molecule has 0 unspecified atom stereocenters. The first-order chi connectivity index (χ1) is 9.83. The van der Waals surface area contributed by atoms with Crippen LogP contribution in [0.2, 0.25) is 0 Å². The van der Waals surface area contributed by atoms with E-state index in [1.807, 2.05) is 53.4 Å². The van der Waals surface area contributed by atoms with E-state index < -0.39 is 0 Å². The van der Waals surface area contributed by atoms with Crippen LogP contribution in [0.3, 0.4) is 0 Å². The topological polar surface area (TPSA) is 34.0 Å². The second-order valence-corrected chi connectivity index (χ2v) is 5.46. The Balaban J connectivity index is 1.64. The highest BCUT2D eigenvalue weighted by Crippen LogP contribution is 2.25. The average molecular weight is 268 g/mol. The number of aromatic nitrogens is 1. The van der Waals surface area contributed by atoms with Crippen LogP contribution in [-0.2, 0) is 4.79 Å². The molecule has 0 bridgehead atoms. The van der Waals surface area contributed by atoms with Crippen molar-refractivity contribution in [2.24, 2.45) is 5.92 Å². The van der Waals surface area contributed by atoms with Crippen molar-refractivity contribution in [3.8, 4) is 5.69 Å². The Kier molecular flexibility index (Phi) is 3.86. The summed E-state index contributed by atoms with van der Waals surface area (Å²) in [5, 5.41) is 3.04. The van der Waals surface area contributed by atoms with E-state index in [2.05, 4.69) is 5.32 Å². The molecular formula is C17H20N2O. The van der Waals surface area contributed by atoms with Gasteiger partial charge in [0.05, 0.1) is 0 Å². The molecule has 0 spiro atoms. The summed E-state index contributed by atoms with van der Waals surface area (Å²) in [6.07, 6.45) is 9.73. The molecule has 1 fully saturated rings. The second-order valence-electron chi connectivity index (χ2n) is 5.46. The predicted octanol–water partition coefficient (Wildman–Crippen LogP) is 4.00. The van der Waals surface area contributed by atoms with Gasteiger partial charge < -0.3 is 9.88 Å². The fourth-order valence-electron chi connectivity index (χ4n) is 2.83. The maximum absolute atomic E-state index is 12.2. The summed E-state index contributed by atoms with van der Waals surface area (Å²) in [6.45, 7) is 0. The summed E-state index contributed by atoms with van der Waals surface area (Å²) >= 11 is 0. The Morgan fingerprint density at radius 2 is 1.65 bits per heavy atom. The molecule has 1 amide bonds. The fourth-order valence-corrected chi connectivity index (χ4v) is 2.83. The molecule has 1 aromatic heterocycles. The van der Waals surface area contributed by atoms with Crippen molar-refractivity contribution in [2.45, 2.75) is 32.1 Å². The van der Waals surface area contributed by atoms with Crippen molar-refractivity contribution in [1.29, 1.82) is 0 Å². The average Bonchev–Trinajstić information content (AvgIpc) is 3.03. The number of carbonyl (C=O) groups is 1. The first kappa shape index (κ1) is 13.0. The molecule has 20 heavy (non-hydrogen) atoms. The van der Waals surface area contributed by atoms with Crippen LogP contribution in [0.15, 0.2) is 48.8 Å². The van der Waals surface area contributed by atoms with Gasteiger partial charge in [-0.25, -0.2) is 0 Å². The van der Waals surface area contributed by atoms with Crippen LogP contribution in [0.4, 0.5) is 5.69 Å². The van der Waals surface area contributed by atoms with Gasteiger partial charge in [0.1, 0.15) is 0 Å². The zero-order chi connectivity index (χ0) is 13.8. The van der Waals surface area contributed by atoms with E-state index in [1.165, 1.54) is 19.3 Å².